The highest BCUT2D eigenvalue weighted by atomic mass is 79.9. The molecule has 88 valence electrons. The second-order valence-electron chi connectivity index (χ2n) is 4.39. The van der Waals surface area contributed by atoms with Gasteiger partial charge in [-0.3, -0.25) is 4.90 Å². The van der Waals surface area contributed by atoms with Gasteiger partial charge in [0, 0.05) is 40.9 Å². The Morgan fingerprint density at radius 3 is 2.62 bits per heavy atom. The summed E-state index contributed by atoms with van der Waals surface area (Å²) in [5.74, 6) is 0. The highest BCUT2D eigenvalue weighted by Crippen LogP contribution is 2.40. The van der Waals surface area contributed by atoms with Crippen molar-refractivity contribution in [3.8, 4) is 0 Å². The fourth-order valence-corrected chi connectivity index (χ4v) is 4.06. The summed E-state index contributed by atoms with van der Waals surface area (Å²) in [4.78, 5) is 4.01. The number of rotatable bonds is 2. The standard InChI is InChI=1S/C11H15BrN2OS/c12-9-5-10(16-6-9)11(7-15-8-11)14-3-1-13-2-4-14/h5-6,13H,1-4,7-8H2. The third-order valence-electron chi connectivity index (χ3n) is 3.43. The highest BCUT2D eigenvalue weighted by Gasteiger charge is 2.46. The summed E-state index contributed by atoms with van der Waals surface area (Å²) in [5, 5.41) is 5.57. The maximum atomic E-state index is 5.48. The fraction of sp³-hybridized carbons (Fsp3) is 0.636. The van der Waals surface area contributed by atoms with Gasteiger partial charge >= 0.3 is 0 Å². The number of thiophene rings is 1. The average Bonchev–Trinajstić information content (AvgIpc) is 2.65. The Morgan fingerprint density at radius 2 is 2.12 bits per heavy atom. The molecule has 0 bridgehead atoms. The summed E-state index contributed by atoms with van der Waals surface area (Å²) in [6, 6.07) is 2.25. The first-order valence-electron chi connectivity index (χ1n) is 5.59. The molecule has 2 aliphatic rings. The van der Waals surface area contributed by atoms with E-state index in [-0.39, 0.29) is 5.54 Å². The quantitative estimate of drug-likeness (QED) is 0.899. The first-order valence-corrected chi connectivity index (χ1v) is 7.27. The van der Waals surface area contributed by atoms with Gasteiger partial charge in [-0.1, -0.05) is 0 Å². The lowest BCUT2D eigenvalue weighted by Gasteiger charge is -2.50. The molecule has 0 radical (unpaired) electrons. The summed E-state index contributed by atoms with van der Waals surface area (Å²) in [5.41, 5.74) is 0.165. The van der Waals surface area contributed by atoms with Crippen molar-refractivity contribution in [1.29, 1.82) is 0 Å². The number of hydrogen-bond acceptors (Lipinski definition) is 4. The monoisotopic (exact) mass is 302 g/mol. The zero-order chi connectivity index (χ0) is 11.0. The van der Waals surface area contributed by atoms with Gasteiger partial charge in [0.2, 0.25) is 0 Å². The van der Waals surface area contributed by atoms with Crippen LogP contribution in [0.3, 0.4) is 0 Å². The molecule has 3 nitrogen and oxygen atoms in total. The lowest BCUT2D eigenvalue weighted by molar-refractivity contribution is -0.147. The fourth-order valence-electron chi connectivity index (χ4n) is 2.43. The topological polar surface area (TPSA) is 24.5 Å². The van der Waals surface area contributed by atoms with E-state index in [2.05, 4.69) is 37.6 Å². The molecular formula is C11H15BrN2OS. The van der Waals surface area contributed by atoms with E-state index in [1.165, 1.54) is 9.35 Å². The molecule has 1 N–H and O–H groups in total. The van der Waals surface area contributed by atoms with Crippen molar-refractivity contribution in [2.75, 3.05) is 39.4 Å². The molecule has 2 fully saturated rings. The van der Waals surface area contributed by atoms with E-state index in [0.717, 1.165) is 39.4 Å². The molecule has 2 aliphatic heterocycles. The normalized spacial score (nSPS) is 25.3. The first kappa shape index (κ1) is 11.2. The first-order chi connectivity index (χ1) is 7.81. The van der Waals surface area contributed by atoms with Gasteiger partial charge in [-0.2, -0.15) is 0 Å². The van der Waals surface area contributed by atoms with E-state index in [9.17, 15) is 0 Å². The van der Waals surface area contributed by atoms with Crippen molar-refractivity contribution >= 4 is 27.3 Å². The number of nitrogens with zero attached hydrogens (tertiary/aromatic N) is 1. The SMILES string of the molecule is Brc1csc(C2(N3CCNCC3)COC2)c1. The minimum absolute atomic E-state index is 0.165. The van der Waals surface area contributed by atoms with Gasteiger partial charge in [0.25, 0.3) is 0 Å². The number of ether oxygens (including phenoxy) is 1. The van der Waals surface area contributed by atoms with Crippen molar-refractivity contribution in [1.82, 2.24) is 10.2 Å². The van der Waals surface area contributed by atoms with E-state index >= 15 is 0 Å². The molecule has 3 rings (SSSR count). The smallest absolute Gasteiger partial charge is 0.103 e. The van der Waals surface area contributed by atoms with Crippen LogP contribution in [0.4, 0.5) is 0 Å². The molecule has 0 aromatic carbocycles. The summed E-state index contributed by atoms with van der Waals surface area (Å²) in [7, 11) is 0. The van der Waals surface area contributed by atoms with Gasteiger partial charge in [-0.05, 0) is 22.0 Å². The number of piperazine rings is 1. The Hall–Kier alpha value is 0.0600. The van der Waals surface area contributed by atoms with Gasteiger partial charge in [-0.25, -0.2) is 0 Å². The Kier molecular flexibility index (Phi) is 3.06. The van der Waals surface area contributed by atoms with E-state index in [1.54, 1.807) is 0 Å². The average molecular weight is 303 g/mol. The Morgan fingerprint density at radius 1 is 1.38 bits per heavy atom. The van der Waals surface area contributed by atoms with E-state index in [1.807, 2.05) is 11.3 Å². The van der Waals surface area contributed by atoms with Crippen LogP contribution in [-0.4, -0.2) is 44.3 Å². The molecule has 0 amide bonds. The number of nitrogens with one attached hydrogen (secondary N) is 1. The van der Waals surface area contributed by atoms with Crippen LogP contribution in [0.15, 0.2) is 15.9 Å². The Bertz CT molecular complexity index is 372. The van der Waals surface area contributed by atoms with Crippen molar-refractivity contribution in [2.45, 2.75) is 5.54 Å². The predicted molar refractivity (Wildman–Crippen MR) is 69.0 cm³/mol. The Labute approximate surface area is 108 Å². The summed E-state index contributed by atoms with van der Waals surface area (Å²) >= 11 is 5.38. The lowest BCUT2D eigenvalue weighted by atomic mass is 9.92. The van der Waals surface area contributed by atoms with Crippen molar-refractivity contribution in [3.05, 3.63) is 20.8 Å². The third kappa shape index (κ3) is 1.75. The highest BCUT2D eigenvalue weighted by molar-refractivity contribution is 9.10. The van der Waals surface area contributed by atoms with Crippen LogP contribution in [0.25, 0.3) is 0 Å². The summed E-state index contributed by atoms with van der Waals surface area (Å²) in [6.07, 6.45) is 0. The molecule has 1 aromatic rings. The van der Waals surface area contributed by atoms with Gasteiger partial charge in [0.15, 0.2) is 0 Å². The molecule has 16 heavy (non-hydrogen) atoms. The molecule has 0 spiro atoms. The van der Waals surface area contributed by atoms with Crippen LogP contribution < -0.4 is 5.32 Å². The van der Waals surface area contributed by atoms with Crippen LogP contribution in [0.5, 0.6) is 0 Å². The van der Waals surface area contributed by atoms with Gasteiger partial charge in [-0.15, -0.1) is 11.3 Å². The van der Waals surface area contributed by atoms with E-state index in [4.69, 9.17) is 4.74 Å². The Balaban J connectivity index is 1.87. The van der Waals surface area contributed by atoms with Crippen LogP contribution in [0.2, 0.25) is 0 Å². The second kappa shape index (κ2) is 4.38. The molecule has 2 saturated heterocycles. The van der Waals surface area contributed by atoms with E-state index < -0.39 is 0 Å². The molecule has 1 aromatic heterocycles. The third-order valence-corrected chi connectivity index (χ3v) is 5.31. The largest absolute Gasteiger partial charge is 0.377 e. The van der Waals surface area contributed by atoms with Crippen LogP contribution >= 0.6 is 27.3 Å². The van der Waals surface area contributed by atoms with Crippen molar-refractivity contribution in [3.63, 3.8) is 0 Å². The van der Waals surface area contributed by atoms with Gasteiger partial charge in [0.05, 0.1) is 13.2 Å². The second-order valence-corrected chi connectivity index (χ2v) is 6.22. The minimum Gasteiger partial charge on any atom is -0.377 e. The number of hydrogen-bond donors (Lipinski definition) is 1. The van der Waals surface area contributed by atoms with Crippen LogP contribution in [-0.2, 0) is 10.3 Å². The molecule has 3 heterocycles. The van der Waals surface area contributed by atoms with Gasteiger partial charge in [0.1, 0.15) is 5.54 Å². The molecule has 0 atom stereocenters. The van der Waals surface area contributed by atoms with E-state index in [0.29, 0.717) is 0 Å². The maximum absolute atomic E-state index is 5.48. The van der Waals surface area contributed by atoms with Crippen LogP contribution in [0, 0.1) is 0 Å². The van der Waals surface area contributed by atoms with Crippen molar-refractivity contribution in [2.24, 2.45) is 0 Å². The lowest BCUT2D eigenvalue weighted by Crippen LogP contribution is -2.63. The van der Waals surface area contributed by atoms with Gasteiger partial charge < -0.3 is 10.1 Å². The molecular weight excluding hydrogens is 288 g/mol. The summed E-state index contributed by atoms with van der Waals surface area (Å²) < 4.78 is 6.67. The number of halogens is 1. The van der Waals surface area contributed by atoms with Crippen molar-refractivity contribution < 1.29 is 4.74 Å². The minimum atomic E-state index is 0.165. The van der Waals surface area contributed by atoms with Crippen LogP contribution in [0.1, 0.15) is 4.88 Å². The summed E-state index contributed by atoms with van der Waals surface area (Å²) in [6.45, 7) is 6.13. The predicted octanol–water partition coefficient (Wildman–Crippen LogP) is 1.64. The zero-order valence-corrected chi connectivity index (χ0v) is 11.4. The zero-order valence-electron chi connectivity index (χ0n) is 9.04. The molecule has 0 unspecified atom stereocenters. The molecule has 0 aliphatic carbocycles. The maximum Gasteiger partial charge on any atom is 0.103 e. The molecule has 5 heteroatoms. The molecule has 0 saturated carbocycles.